The Labute approximate surface area is 118 Å². The van der Waals surface area contributed by atoms with Crippen LogP contribution in [0, 0.1) is 6.92 Å². The number of rotatable bonds is 7. The normalized spacial score (nSPS) is 13.8. The summed E-state index contributed by atoms with van der Waals surface area (Å²) in [6, 6.07) is 5.41. The number of nitrogens with one attached hydrogen (secondary N) is 2. The van der Waals surface area contributed by atoms with Crippen LogP contribution in [0.5, 0.6) is 0 Å². The number of carboxylic acids is 1. The molecule has 1 aromatic carbocycles. The molecule has 2 rings (SSSR count). The van der Waals surface area contributed by atoms with Crippen LogP contribution < -0.4 is 10.6 Å². The fourth-order valence-corrected chi connectivity index (χ4v) is 1.99. The van der Waals surface area contributed by atoms with Gasteiger partial charge in [0, 0.05) is 24.7 Å². The Hall–Kier alpha value is -2.04. The molecule has 1 aromatic rings. The Morgan fingerprint density at radius 1 is 1.35 bits per heavy atom. The Kier molecular flexibility index (Phi) is 4.61. The highest BCUT2D eigenvalue weighted by Crippen LogP contribution is 2.19. The fraction of sp³-hybridized carbons (Fsp3) is 0.467. The number of carbonyl (C=O) groups excluding carboxylic acids is 1. The number of amides is 1. The molecule has 20 heavy (non-hydrogen) atoms. The zero-order valence-corrected chi connectivity index (χ0v) is 11.6. The number of aryl methyl sites for hydroxylation is 1. The first-order chi connectivity index (χ1) is 9.56. The third-order valence-electron chi connectivity index (χ3n) is 3.31. The van der Waals surface area contributed by atoms with Gasteiger partial charge in [-0.1, -0.05) is 0 Å². The highest BCUT2D eigenvalue weighted by atomic mass is 16.4. The predicted molar refractivity (Wildman–Crippen MR) is 77.0 cm³/mol. The summed E-state index contributed by atoms with van der Waals surface area (Å²) in [5, 5.41) is 15.1. The summed E-state index contributed by atoms with van der Waals surface area (Å²) in [6.07, 6.45) is 3.51. The minimum absolute atomic E-state index is 0.118. The monoisotopic (exact) mass is 276 g/mol. The Balaban J connectivity index is 1.73. The van der Waals surface area contributed by atoms with Crippen LogP contribution in [-0.4, -0.2) is 29.6 Å². The van der Waals surface area contributed by atoms with Gasteiger partial charge in [-0.05, 0) is 49.9 Å². The fourth-order valence-electron chi connectivity index (χ4n) is 1.99. The van der Waals surface area contributed by atoms with E-state index in [0.717, 1.165) is 30.5 Å². The minimum atomic E-state index is -0.920. The van der Waals surface area contributed by atoms with E-state index >= 15 is 0 Å². The van der Waals surface area contributed by atoms with Crippen molar-refractivity contribution in [1.82, 2.24) is 5.32 Å². The number of carboxylic acid groups (broad SMARTS) is 1. The zero-order valence-electron chi connectivity index (χ0n) is 11.6. The van der Waals surface area contributed by atoms with E-state index in [-0.39, 0.29) is 11.5 Å². The molecule has 1 amide bonds. The SMILES string of the molecule is Cc1cc(C(=O)O)ccc1NCCCC(=O)NC1CC1. The van der Waals surface area contributed by atoms with Crippen LogP contribution in [-0.2, 0) is 4.79 Å². The van der Waals surface area contributed by atoms with E-state index in [2.05, 4.69) is 10.6 Å². The highest BCUT2D eigenvalue weighted by Gasteiger charge is 2.22. The largest absolute Gasteiger partial charge is 0.478 e. The van der Waals surface area contributed by atoms with Gasteiger partial charge in [0.2, 0.25) is 5.91 Å². The molecule has 0 atom stereocenters. The molecule has 0 spiro atoms. The van der Waals surface area contributed by atoms with Crippen molar-refractivity contribution in [3.8, 4) is 0 Å². The molecule has 1 aliphatic carbocycles. The lowest BCUT2D eigenvalue weighted by molar-refractivity contribution is -0.121. The van der Waals surface area contributed by atoms with Gasteiger partial charge < -0.3 is 15.7 Å². The Morgan fingerprint density at radius 3 is 2.70 bits per heavy atom. The summed E-state index contributed by atoms with van der Waals surface area (Å²) in [5.74, 6) is -0.802. The number of carbonyl (C=O) groups is 2. The molecule has 0 aliphatic heterocycles. The van der Waals surface area contributed by atoms with E-state index in [1.54, 1.807) is 18.2 Å². The predicted octanol–water partition coefficient (Wildman–Crippen LogP) is 2.16. The molecule has 0 aromatic heterocycles. The average molecular weight is 276 g/mol. The molecule has 108 valence electrons. The maximum Gasteiger partial charge on any atom is 0.335 e. The smallest absolute Gasteiger partial charge is 0.335 e. The van der Waals surface area contributed by atoms with Gasteiger partial charge in [0.05, 0.1) is 5.56 Å². The van der Waals surface area contributed by atoms with Crippen molar-refractivity contribution in [3.63, 3.8) is 0 Å². The van der Waals surface area contributed by atoms with Gasteiger partial charge in [0.25, 0.3) is 0 Å². The van der Waals surface area contributed by atoms with E-state index in [1.165, 1.54) is 0 Å². The second kappa shape index (κ2) is 6.41. The first kappa shape index (κ1) is 14.4. The van der Waals surface area contributed by atoms with E-state index in [9.17, 15) is 9.59 Å². The van der Waals surface area contributed by atoms with Crippen LogP contribution >= 0.6 is 0 Å². The van der Waals surface area contributed by atoms with Gasteiger partial charge in [-0.25, -0.2) is 4.79 Å². The zero-order chi connectivity index (χ0) is 14.5. The molecule has 3 N–H and O–H groups in total. The minimum Gasteiger partial charge on any atom is -0.478 e. The van der Waals surface area contributed by atoms with Gasteiger partial charge >= 0.3 is 5.97 Å². The Bertz CT molecular complexity index is 510. The van der Waals surface area contributed by atoms with E-state index in [4.69, 9.17) is 5.11 Å². The van der Waals surface area contributed by atoms with Gasteiger partial charge in [0.1, 0.15) is 0 Å². The third kappa shape index (κ3) is 4.26. The number of benzene rings is 1. The van der Waals surface area contributed by atoms with Crippen LogP contribution in [0.3, 0.4) is 0 Å². The van der Waals surface area contributed by atoms with Gasteiger partial charge in [-0.3, -0.25) is 4.79 Å². The van der Waals surface area contributed by atoms with Gasteiger partial charge in [-0.15, -0.1) is 0 Å². The van der Waals surface area contributed by atoms with Crippen molar-refractivity contribution in [1.29, 1.82) is 0 Å². The van der Waals surface area contributed by atoms with Crippen molar-refractivity contribution in [2.45, 2.75) is 38.6 Å². The van der Waals surface area contributed by atoms with Crippen LogP contribution in [0.2, 0.25) is 0 Å². The van der Waals surface area contributed by atoms with Crippen molar-refractivity contribution in [3.05, 3.63) is 29.3 Å². The molecule has 1 fully saturated rings. The first-order valence-electron chi connectivity index (χ1n) is 6.93. The summed E-state index contributed by atoms with van der Waals surface area (Å²) in [6.45, 7) is 2.57. The maximum absolute atomic E-state index is 11.5. The molecule has 5 heteroatoms. The summed E-state index contributed by atoms with van der Waals surface area (Å²) < 4.78 is 0. The molecular formula is C15H20N2O3. The molecule has 0 saturated heterocycles. The Morgan fingerprint density at radius 2 is 2.10 bits per heavy atom. The number of hydrogen-bond acceptors (Lipinski definition) is 3. The van der Waals surface area contributed by atoms with Crippen molar-refractivity contribution >= 4 is 17.6 Å². The summed E-state index contributed by atoms with van der Waals surface area (Å²) in [4.78, 5) is 22.3. The van der Waals surface area contributed by atoms with Gasteiger partial charge in [-0.2, -0.15) is 0 Å². The van der Waals surface area contributed by atoms with Crippen molar-refractivity contribution in [2.24, 2.45) is 0 Å². The van der Waals surface area contributed by atoms with Crippen LogP contribution in [0.15, 0.2) is 18.2 Å². The lowest BCUT2D eigenvalue weighted by atomic mass is 10.1. The molecule has 5 nitrogen and oxygen atoms in total. The lowest BCUT2D eigenvalue weighted by Gasteiger charge is -2.10. The van der Waals surface area contributed by atoms with Crippen LogP contribution in [0.4, 0.5) is 5.69 Å². The third-order valence-corrected chi connectivity index (χ3v) is 3.31. The second-order valence-corrected chi connectivity index (χ2v) is 5.21. The maximum atomic E-state index is 11.5. The molecule has 0 heterocycles. The van der Waals surface area contributed by atoms with Crippen molar-refractivity contribution < 1.29 is 14.7 Å². The van der Waals surface area contributed by atoms with E-state index in [0.29, 0.717) is 19.0 Å². The topological polar surface area (TPSA) is 78.4 Å². The average Bonchev–Trinajstić information content (AvgIpc) is 3.19. The number of hydrogen-bond donors (Lipinski definition) is 3. The highest BCUT2D eigenvalue weighted by molar-refractivity contribution is 5.88. The molecule has 0 radical (unpaired) electrons. The van der Waals surface area contributed by atoms with E-state index in [1.807, 2.05) is 6.92 Å². The summed E-state index contributed by atoms with van der Waals surface area (Å²) in [7, 11) is 0. The quantitative estimate of drug-likeness (QED) is 0.667. The summed E-state index contributed by atoms with van der Waals surface area (Å²) >= 11 is 0. The van der Waals surface area contributed by atoms with Crippen molar-refractivity contribution in [2.75, 3.05) is 11.9 Å². The van der Waals surface area contributed by atoms with E-state index < -0.39 is 5.97 Å². The molecule has 0 unspecified atom stereocenters. The first-order valence-corrected chi connectivity index (χ1v) is 6.93. The number of aromatic carboxylic acids is 1. The molecular weight excluding hydrogens is 256 g/mol. The lowest BCUT2D eigenvalue weighted by Crippen LogP contribution is -2.25. The van der Waals surface area contributed by atoms with Crippen LogP contribution in [0.1, 0.15) is 41.6 Å². The summed E-state index contributed by atoms with van der Waals surface area (Å²) in [5.41, 5.74) is 2.10. The second-order valence-electron chi connectivity index (χ2n) is 5.21. The number of anilines is 1. The molecule has 1 saturated carbocycles. The van der Waals surface area contributed by atoms with Gasteiger partial charge in [0.15, 0.2) is 0 Å². The molecule has 0 bridgehead atoms. The molecule has 1 aliphatic rings. The standard InChI is InChI=1S/C15H20N2O3/c1-10-9-11(15(19)20)4-7-13(10)16-8-2-3-14(18)17-12-5-6-12/h4,7,9,12,16H,2-3,5-6,8H2,1H3,(H,17,18)(H,19,20). The van der Waals surface area contributed by atoms with Crippen LogP contribution in [0.25, 0.3) is 0 Å².